The van der Waals surface area contributed by atoms with E-state index in [0.29, 0.717) is 6.07 Å². The summed E-state index contributed by atoms with van der Waals surface area (Å²) >= 11 is 5.19. The molecule has 2 heterocycles. The Balaban J connectivity index is 1.90. The molecule has 0 saturated heterocycles. The molecule has 8 nitrogen and oxygen atoms in total. The fourth-order valence-corrected chi connectivity index (χ4v) is 3.72. The van der Waals surface area contributed by atoms with Gasteiger partial charge < -0.3 is 19.7 Å². The highest BCUT2D eigenvalue weighted by Crippen LogP contribution is 2.38. The Kier molecular flexibility index (Phi) is 6.79. The Morgan fingerprint density at radius 1 is 1.41 bits per heavy atom. The monoisotopic (exact) mass is 465 g/mol. The number of pyridine rings is 1. The number of carbonyl (C=O) groups is 2. The molecule has 0 fully saturated rings. The molecular formula is C21H21F2N3O5S. The Bertz CT molecular complexity index is 1150. The summed E-state index contributed by atoms with van der Waals surface area (Å²) in [6.07, 6.45) is 0.684. The first kappa shape index (κ1) is 23.6. The fourth-order valence-electron chi connectivity index (χ4n) is 3.48. The number of nitrogens with one attached hydrogen (secondary N) is 1. The second-order valence-electron chi connectivity index (χ2n) is 7.90. The first-order valence-electron chi connectivity index (χ1n) is 9.72. The number of halogens is 2. The van der Waals surface area contributed by atoms with Crippen molar-refractivity contribution in [2.45, 2.75) is 33.0 Å². The van der Waals surface area contributed by atoms with E-state index >= 15 is 0 Å². The van der Waals surface area contributed by atoms with E-state index in [1.807, 2.05) is 0 Å². The van der Waals surface area contributed by atoms with Gasteiger partial charge in [0.1, 0.15) is 23.9 Å². The molecule has 1 aliphatic heterocycles. The number of amides is 1. The number of nitrogens with zero attached hydrogens (tertiary/aromatic N) is 2. The Morgan fingerprint density at radius 3 is 2.78 bits per heavy atom. The van der Waals surface area contributed by atoms with Crippen LogP contribution in [0.1, 0.15) is 40.3 Å². The van der Waals surface area contributed by atoms with Gasteiger partial charge in [0.25, 0.3) is 5.91 Å². The van der Waals surface area contributed by atoms with Crippen LogP contribution in [0.25, 0.3) is 0 Å². The minimum Gasteiger partial charge on any atom is -0.504 e. The van der Waals surface area contributed by atoms with Gasteiger partial charge in [-0.05, 0) is 19.9 Å². The number of hydrogen-bond acceptors (Lipinski definition) is 7. The van der Waals surface area contributed by atoms with E-state index in [1.54, 1.807) is 13.8 Å². The lowest BCUT2D eigenvalue weighted by Gasteiger charge is -2.39. The Hall–Kier alpha value is -3.05. The van der Waals surface area contributed by atoms with Crippen LogP contribution in [0.2, 0.25) is 0 Å². The summed E-state index contributed by atoms with van der Waals surface area (Å²) in [5.41, 5.74) is -1.10. The van der Waals surface area contributed by atoms with Crippen molar-refractivity contribution in [1.29, 1.82) is 0 Å². The van der Waals surface area contributed by atoms with Gasteiger partial charge in [0, 0.05) is 24.4 Å². The third-order valence-corrected chi connectivity index (χ3v) is 5.84. The average molecular weight is 465 g/mol. The summed E-state index contributed by atoms with van der Waals surface area (Å²) in [4.78, 5) is 36.1. The zero-order chi connectivity index (χ0) is 23.6. The molecule has 1 aromatic carbocycles. The van der Waals surface area contributed by atoms with E-state index in [9.17, 15) is 28.4 Å². The SMILES string of the molecule is CC1(C)C(=O)c2c(O)c(=S)c(C(=O)NCc3ccc(F)cc3F)cn2CC1OCCN=O. The number of rotatable bonds is 7. The zero-order valence-electron chi connectivity index (χ0n) is 17.4. The van der Waals surface area contributed by atoms with E-state index in [2.05, 4.69) is 10.5 Å². The van der Waals surface area contributed by atoms with E-state index in [0.717, 1.165) is 6.07 Å². The first-order valence-corrected chi connectivity index (χ1v) is 10.1. The summed E-state index contributed by atoms with van der Waals surface area (Å²) in [5, 5.41) is 15.8. The van der Waals surface area contributed by atoms with Crippen molar-refractivity contribution in [3.8, 4) is 5.75 Å². The molecule has 2 aromatic rings. The van der Waals surface area contributed by atoms with Crippen molar-refractivity contribution in [1.82, 2.24) is 9.88 Å². The van der Waals surface area contributed by atoms with Crippen LogP contribution < -0.4 is 5.32 Å². The highest BCUT2D eigenvalue weighted by atomic mass is 32.1. The molecular weight excluding hydrogens is 444 g/mol. The van der Waals surface area contributed by atoms with Crippen LogP contribution in [0, 0.1) is 26.5 Å². The molecule has 1 atom stereocenters. The number of ether oxygens (including phenoxy) is 1. The largest absolute Gasteiger partial charge is 0.504 e. The molecule has 11 heteroatoms. The van der Waals surface area contributed by atoms with Gasteiger partial charge in [-0.1, -0.05) is 23.5 Å². The zero-order valence-corrected chi connectivity index (χ0v) is 18.2. The van der Waals surface area contributed by atoms with E-state index < -0.39 is 40.6 Å². The lowest BCUT2D eigenvalue weighted by atomic mass is 9.77. The summed E-state index contributed by atoms with van der Waals surface area (Å²) in [5.74, 6) is -3.20. The smallest absolute Gasteiger partial charge is 0.254 e. The molecule has 170 valence electrons. The van der Waals surface area contributed by atoms with Crippen molar-refractivity contribution in [2.24, 2.45) is 10.6 Å². The lowest BCUT2D eigenvalue weighted by Crippen LogP contribution is -2.48. The van der Waals surface area contributed by atoms with Crippen LogP contribution in [0.15, 0.2) is 29.6 Å². The molecule has 1 unspecified atom stereocenters. The molecule has 3 rings (SSSR count). The van der Waals surface area contributed by atoms with Gasteiger partial charge in [0.2, 0.25) is 0 Å². The summed E-state index contributed by atoms with van der Waals surface area (Å²) in [7, 11) is 0. The molecule has 0 saturated carbocycles. The van der Waals surface area contributed by atoms with Crippen molar-refractivity contribution in [3.63, 3.8) is 0 Å². The second-order valence-corrected chi connectivity index (χ2v) is 8.31. The highest BCUT2D eigenvalue weighted by Gasteiger charge is 2.45. The van der Waals surface area contributed by atoms with Crippen molar-refractivity contribution in [2.75, 3.05) is 13.2 Å². The van der Waals surface area contributed by atoms with Crippen LogP contribution in [0.5, 0.6) is 5.75 Å². The molecule has 2 N–H and O–H groups in total. The van der Waals surface area contributed by atoms with Crippen LogP contribution in [-0.4, -0.2) is 40.6 Å². The topological polar surface area (TPSA) is 110 Å². The summed E-state index contributed by atoms with van der Waals surface area (Å²) in [6, 6.07) is 2.97. The van der Waals surface area contributed by atoms with E-state index in [4.69, 9.17) is 17.0 Å². The number of fused-ring (bicyclic) bond motifs is 1. The maximum Gasteiger partial charge on any atom is 0.254 e. The molecule has 1 aliphatic rings. The number of ketones is 1. The highest BCUT2D eigenvalue weighted by molar-refractivity contribution is 7.71. The third kappa shape index (κ3) is 4.44. The maximum absolute atomic E-state index is 13.8. The van der Waals surface area contributed by atoms with E-state index in [1.165, 1.54) is 16.8 Å². The molecule has 32 heavy (non-hydrogen) atoms. The lowest BCUT2D eigenvalue weighted by molar-refractivity contribution is -0.0298. The summed E-state index contributed by atoms with van der Waals surface area (Å²) < 4.78 is 33.7. The molecule has 0 aliphatic carbocycles. The van der Waals surface area contributed by atoms with Crippen LogP contribution in [-0.2, 0) is 17.8 Å². The minimum absolute atomic E-state index is 0.0163. The van der Waals surface area contributed by atoms with Gasteiger partial charge in [0.15, 0.2) is 11.5 Å². The minimum atomic E-state index is -1.02. The standard InChI is InChI=1S/C21H21F2N3O5S/c1-21(2)15(31-6-5-25-30)10-26-9-13(18(32)17(27)16(26)19(21)28)20(29)24-8-11-3-4-12(22)7-14(11)23/h3-4,7,9,15,27H,5-6,8,10H2,1-2H3,(H,24,29). The van der Waals surface area contributed by atoms with Gasteiger partial charge in [-0.2, -0.15) is 4.91 Å². The number of carbonyl (C=O) groups excluding carboxylic acids is 2. The van der Waals surface area contributed by atoms with Crippen molar-refractivity contribution in [3.05, 3.63) is 62.3 Å². The predicted octanol–water partition coefficient (Wildman–Crippen LogP) is 3.51. The number of nitroso groups, excluding NO2 is 1. The molecule has 0 spiro atoms. The van der Waals surface area contributed by atoms with Crippen molar-refractivity contribution >= 4 is 23.9 Å². The average Bonchev–Trinajstić information content (AvgIpc) is 2.73. The molecule has 0 bridgehead atoms. The number of Topliss-reactive ketones (excluding diaryl/α,β-unsaturated/α-hetero) is 1. The van der Waals surface area contributed by atoms with Crippen LogP contribution >= 0.6 is 12.2 Å². The molecule has 1 aromatic heterocycles. The van der Waals surface area contributed by atoms with Gasteiger partial charge in [-0.25, -0.2) is 8.78 Å². The number of aromatic hydroxyl groups is 1. The van der Waals surface area contributed by atoms with Gasteiger partial charge in [-0.15, -0.1) is 0 Å². The first-order chi connectivity index (χ1) is 15.1. The molecule has 0 radical (unpaired) electrons. The van der Waals surface area contributed by atoms with Gasteiger partial charge in [0.05, 0.1) is 34.7 Å². The van der Waals surface area contributed by atoms with Crippen LogP contribution in [0.3, 0.4) is 0 Å². The van der Waals surface area contributed by atoms with Gasteiger partial charge in [-0.3, -0.25) is 9.59 Å². The third-order valence-electron chi connectivity index (χ3n) is 5.42. The van der Waals surface area contributed by atoms with E-state index in [-0.39, 0.29) is 47.6 Å². The Morgan fingerprint density at radius 2 is 2.12 bits per heavy atom. The number of benzene rings is 1. The summed E-state index contributed by atoms with van der Waals surface area (Å²) in [6.45, 7) is 3.11. The quantitative estimate of drug-likeness (QED) is 0.368. The second kappa shape index (κ2) is 9.21. The molecule has 1 amide bonds. The van der Waals surface area contributed by atoms with Gasteiger partial charge >= 0.3 is 0 Å². The Labute approximate surface area is 187 Å². The normalized spacial score (nSPS) is 17.0. The fraction of sp³-hybridized carbons (Fsp3) is 0.381. The van der Waals surface area contributed by atoms with Crippen LogP contribution in [0.4, 0.5) is 8.78 Å². The van der Waals surface area contributed by atoms with Crippen molar-refractivity contribution < 1.29 is 28.2 Å². The number of hydrogen-bond donors (Lipinski definition) is 2. The maximum atomic E-state index is 13.8. The predicted molar refractivity (Wildman–Crippen MR) is 113 cm³/mol. The number of aromatic nitrogens is 1.